The molecule has 1 saturated carbocycles. The number of fused-ring (bicyclic) bond motifs is 1. The minimum absolute atomic E-state index is 0.0796. The maximum absolute atomic E-state index is 13.1. The van der Waals surface area contributed by atoms with Gasteiger partial charge in [-0.05, 0) is 62.1 Å². The predicted octanol–water partition coefficient (Wildman–Crippen LogP) is 5.62. The maximum Gasteiger partial charge on any atom is 0.251 e. The molecule has 0 unspecified atom stereocenters. The Balaban J connectivity index is 1.30. The average molecular weight is 495 g/mol. The molecule has 0 atom stereocenters. The molecule has 1 aliphatic carbocycles. The van der Waals surface area contributed by atoms with Crippen molar-refractivity contribution in [2.24, 2.45) is 0 Å². The molecule has 0 bridgehead atoms. The molecule has 6 nitrogen and oxygen atoms in total. The van der Waals surface area contributed by atoms with Crippen LogP contribution in [0.25, 0.3) is 11.0 Å². The van der Waals surface area contributed by atoms with Crippen molar-refractivity contribution >= 4 is 34.4 Å². The molecule has 0 spiro atoms. The summed E-state index contributed by atoms with van der Waals surface area (Å²) in [4.78, 5) is 32.2. The number of aryl methyl sites for hydroxylation is 1. The first-order valence-corrected chi connectivity index (χ1v) is 13.1. The first-order chi connectivity index (χ1) is 17.0. The summed E-state index contributed by atoms with van der Waals surface area (Å²) in [7, 11) is 1.95. The van der Waals surface area contributed by atoms with Crippen molar-refractivity contribution in [3.05, 3.63) is 64.9 Å². The molecule has 3 aromatic rings. The molecule has 2 aromatic carbocycles. The highest BCUT2D eigenvalue weighted by molar-refractivity contribution is 6.30. The van der Waals surface area contributed by atoms with Crippen molar-refractivity contribution in [1.82, 2.24) is 19.8 Å². The second kappa shape index (κ2) is 12.2. The molecule has 1 heterocycles. The molecular weight excluding hydrogens is 460 g/mol. The van der Waals surface area contributed by atoms with Crippen LogP contribution < -0.4 is 5.32 Å². The molecule has 0 saturated heterocycles. The van der Waals surface area contributed by atoms with E-state index in [9.17, 15) is 9.59 Å². The van der Waals surface area contributed by atoms with E-state index in [1.165, 1.54) is 19.3 Å². The summed E-state index contributed by atoms with van der Waals surface area (Å²) in [6.45, 7) is 0.961. The number of unbranched alkanes of at least 4 members (excludes halogenated alkanes) is 2. The number of hydrogen-bond donors (Lipinski definition) is 1. The van der Waals surface area contributed by atoms with E-state index in [1.807, 2.05) is 36.2 Å². The lowest BCUT2D eigenvalue weighted by Crippen LogP contribution is -2.40. The number of benzene rings is 2. The van der Waals surface area contributed by atoms with E-state index in [-0.39, 0.29) is 11.8 Å². The largest absolute Gasteiger partial charge is 0.352 e. The van der Waals surface area contributed by atoms with Crippen LogP contribution in [-0.4, -0.2) is 45.9 Å². The van der Waals surface area contributed by atoms with E-state index in [0.717, 1.165) is 55.4 Å². The van der Waals surface area contributed by atoms with Gasteiger partial charge in [0.25, 0.3) is 5.91 Å². The molecular formula is C28H35ClN4O2. The number of hydrogen-bond acceptors (Lipinski definition) is 3. The topological polar surface area (TPSA) is 67.2 Å². The van der Waals surface area contributed by atoms with Gasteiger partial charge in [0.15, 0.2) is 0 Å². The van der Waals surface area contributed by atoms with Gasteiger partial charge in [0.1, 0.15) is 12.4 Å². The third kappa shape index (κ3) is 6.63. The predicted molar refractivity (Wildman–Crippen MR) is 141 cm³/mol. The Labute approximate surface area is 212 Å². The molecule has 7 heteroatoms. The van der Waals surface area contributed by atoms with Gasteiger partial charge in [0.2, 0.25) is 5.91 Å². The Bertz CT molecular complexity index is 1140. The number of carbonyl (C=O) groups excluding carboxylic acids is 2. The minimum Gasteiger partial charge on any atom is -0.352 e. The number of nitrogens with zero attached hydrogens (tertiary/aromatic N) is 3. The first-order valence-electron chi connectivity index (χ1n) is 12.8. The summed E-state index contributed by atoms with van der Waals surface area (Å²) in [5.41, 5.74) is 2.57. The van der Waals surface area contributed by atoms with Gasteiger partial charge in [-0.15, -0.1) is 0 Å². The number of nitrogens with one attached hydrogen (secondary N) is 1. The van der Waals surface area contributed by atoms with E-state index in [1.54, 1.807) is 24.3 Å². The third-order valence-corrected chi connectivity index (χ3v) is 7.26. The molecule has 4 rings (SSSR count). The van der Waals surface area contributed by atoms with Crippen molar-refractivity contribution in [3.63, 3.8) is 0 Å². The number of para-hydroxylation sites is 2. The molecule has 186 valence electrons. The molecule has 35 heavy (non-hydrogen) atoms. The monoisotopic (exact) mass is 494 g/mol. The van der Waals surface area contributed by atoms with Gasteiger partial charge < -0.3 is 14.8 Å². The van der Waals surface area contributed by atoms with Crippen LogP contribution in [0.3, 0.4) is 0 Å². The maximum atomic E-state index is 13.1. The fourth-order valence-electron chi connectivity index (χ4n) is 4.90. The second-order valence-electron chi connectivity index (χ2n) is 9.47. The van der Waals surface area contributed by atoms with Gasteiger partial charge in [-0.2, -0.15) is 0 Å². The van der Waals surface area contributed by atoms with Crippen molar-refractivity contribution in [1.29, 1.82) is 0 Å². The van der Waals surface area contributed by atoms with Gasteiger partial charge in [-0.3, -0.25) is 9.59 Å². The number of carbonyl (C=O) groups is 2. The number of aromatic nitrogens is 2. The highest BCUT2D eigenvalue weighted by Crippen LogP contribution is 2.23. The third-order valence-electron chi connectivity index (χ3n) is 7.01. The lowest BCUT2D eigenvalue weighted by Gasteiger charge is -2.31. The normalized spacial score (nSPS) is 14.2. The van der Waals surface area contributed by atoms with Gasteiger partial charge in [0, 0.05) is 36.6 Å². The number of rotatable bonds is 10. The van der Waals surface area contributed by atoms with Crippen molar-refractivity contribution in [3.8, 4) is 0 Å². The number of halogens is 1. The number of imidazole rings is 1. The minimum atomic E-state index is -0.0796. The zero-order valence-corrected chi connectivity index (χ0v) is 21.3. The summed E-state index contributed by atoms with van der Waals surface area (Å²) in [5, 5.41) is 3.59. The summed E-state index contributed by atoms with van der Waals surface area (Å²) in [6.07, 6.45) is 9.53. The Morgan fingerprint density at radius 3 is 2.54 bits per heavy atom. The summed E-state index contributed by atoms with van der Waals surface area (Å²) in [6, 6.07) is 15.3. The molecule has 2 amide bonds. The Morgan fingerprint density at radius 1 is 1.03 bits per heavy atom. The summed E-state index contributed by atoms with van der Waals surface area (Å²) >= 11 is 5.88. The molecule has 0 radical (unpaired) electrons. The highest BCUT2D eigenvalue weighted by atomic mass is 35.5. The fraction of sp³-hybridized carbons (Fsp3) is 0.464. The van der Waals surface area contributed by atoms with Crippen molar-refractivity contribution < 1.29 is 9.59 Å². The van der Waals surface area contributed by atoms with Gasteiger partial charge in [-0.1, -0.05) is 49.4 Å². The van der Waals surface area contributed by atoms with E-state index in [4.69, 9.17) is 16.6 Å². The van der Waals surface area contributed by atoms with E-state index >= 15 is 0 Å². The second-order valence-corrected chi connectivity index (χ2v) is 9.91. The average Bonchev–Trinajstić information content (AvgIpc) is 3.23. The van der Waals surface area contributed by atoms with Gasteiger partial charge >= 0.3 is 0 Å². The van der Waals surface area contributed by atoms with Crippen LogP contribution in [-0.2, 0) is 17.8 Å². The molecule has 1 aromatic heterocycles. The molecule has 1 aliphatic rings. The van der Waals surface area contributed by atoms with Gasteiger partial charge in [-0.25, -0.2) is 4.98 Å². The van der Waals surface area contributed by atoms with Crippen LogP contribution in [0.15, 0.2) is 48.5 Å². The lowest BCUT2D eigenvalue weighted by atomic mass is 9.94. The van der Waals surface area contributed by atoms with E-state index < -0.39 is 0 Å². The zero-order valence-electron chi connectivity index (χ0n) is 20.5. The number of likely N-dealkylation sites (N-methyl/N-ethyl adjacent to an activating group) is 1. The standard InChI is InChI=1S/C28H35ClN4O2/c1-32(23-10-4-2-5-11-23)27(34)20-33-25-13-8-7-12-24(25)31-26(33)14-6-3-9-19-30-28(35)21-15-17-22(29)18-16-21/h7-8,12-13,15-18,23H,2-6,9-11,14,19-20H2,1H3,(H,30,35). The Kier molecular flexibility index (Phi) is 8.80. The van der Waals surface area contributed by atoms with Crippen LogP contribution in [0, 0.1) is 0 Å². The molecule has 1 fully saturated rings. The molecule has 0 aliphatic heterocycles. The lowest BCUT2D eigenvalue weighted by molar-refractivity contribution is -0.133. The Hall–Kier alpha value is -2.86. The smallest absolute Gasteiger partial charge is 0.251 e. The SMILES string of the molecule is CN(C(=O)Cn1c(CCCCCNC(=O)c2ccc(Cl)cc2)nc2ccccc21)C1CCCCC1. The number of amides is 2. The quantitative estimate of drug-likeness (QED) is 0.372. The van der Waals surface area contributed by atoms with E-state index in [0.29, 0.717) is 29.7 Å². The van der Waals surface area contributed by atoms with Crippen molar-refractivity contribution in [2.75, 3.05) is 13.6 Å². The van der Waals surface area contributed by atoms with Crippen LogP contribution in [0.2, 0.25) is 5.02 Å². The summed E-state index contributed by atoms with van der Waals surface area (Å²) in [5.74, 6) is 1.04. The Morgan fingerprint density at radius 2 is 1.77 bits per heavy atom. The van der Waals surface area contributed by atoms with Gasteiger partial charge in [0.05, 0.1) is 11.0 Å². The first kappa shape index (κ1) is 25.2. The van der Waals surface area contributed by atoms with Crippen LogP contribution in [0.5, 0.6) is 0 Å². The fourth-order valence-corrected chi connectivity index (χ4v) is 5.03. The van der Waals surface area contributed by atoms with Crippen LogP contribution >= 0.6 is 11.6 Å². The van der Waals surface area contributed by atoms with Crippen LogP contribution in [0.4, 0.5) is 0 Å². The van der Waals surface area contributed by atoms with Crippen molar-refractivity contribution in [2.45, 2.75) is 70.4 Å². The molecule has 1 N–H and O–H groups in total. The zero-order chi connectivity index (χ0) is 24.6. The van der Waals surface area contributed by atoms with E-state index in [2.05, 4.69) is 9.88 Å². The summed E-state index contributed by atoms with van der Waals surface area (Å²) < 4.78 is 2.10. The highest BCUT2D eigenvalue weighted by Gasteiger charge is 2.23. The van der Waals surface area contributed by atoms with Crippen LogP contribution in [0.1, 0.15) is 67.5 Å².